The predicted molar refractivity (Wildman–Crippen MR) is 130 cm³/mol. The van der Waals surface area contributed by atoms with Gasteiger partial charge in [-0.2, -0.15) is 0 Å². The number of anilines is 1. The van der Waals surface area contributed by atoms with Gasteiger partial charge in [0.05, 0.1) is 18.5 Å². The second-order valence-electron chi connectivity index (χ2n) is 7.72. The first-order valence-electron chi connectivity index (χ1n) is 10.4. The molecule has 0 unspecified atom stereocenters. The minimum absolute atomic E-state index is 0.104. The van der Waals surface area contributed by atoms with Crippen LogP contribution in [0.4, 0.5) is 5.69 Å². The molecule has 1 atom stereocenters. The fourth-order valence-electron chi connectivity index (χ4n) is 3.29. The minimum atomic E-state index is -3.57. The highest BCUT2D eigenvalue weighted by Gasteiger charge is 2.19. The molecule has 2 aromatic rings. The van der Waals surface area contributed by atoms with Gasteiger partial charge >= 0.3 is 0 Å². The van der Waals surface area contributed by atoms with Crippen LogP contribution in [0.25, 0.3) is 0 Å². The van der Waals surface area contributed by atoms with Crippen LogP contribution in [0.2, 0.25) is 10.0 Å². The molecule has 31 heavy (non-hydrogen) atoms. The quantitative estimate of drug-likeness (QED) is 0.431. The van der Waals surface area contributed by atoms with Gasteiger partial charge in [-0.3, -0.25) is 9.10 Å². The molecular formula is C23H30Cl2N2O3S. The van der Waals surface area contributed by atoms with E-state index in [0.29, 0.717) is 33.8 Å². The lowest BCUT2D eigenvalue weighted by atomic mass is 9.99. The number of carbonyl (C=O) groups is 1. The lowest BCUT2D eigenvalue weighted by Crippen LogP contribution is -2.30. The Kier molecular flexibility index (Phi) is 9.66. The normalized spacial score (nSPS) is 12.4. The lowest BCUT2D eigenvalue weighted by Gasteiger charge is -2.23. The van der Waals surface area contributed by atoms with E-state index in [1.165, 1.54) is 4.31 Å². The fraction of sp³-hybridized carbons (Fsp3) is 0.435. The van der Waals surface area contributed by atoms with Gasteiger partial charge in [0.1, 0.15) is 0 Å². The minimum Gasteiger partial charge on any atom is -0.352 e. The van der Waals surface area contributed by atoms with Gasteiger partial charge in [0, 0.05) is 22.2 Å². The summed E-state index contributed by atoms with van der Waals surface area (Å²) in [6.45, 7) is 5.07. The van der Waals surface area contributed by atoms with E-state index in [1.807, 2.05) is 0 Å². The Morgan fingerprint density at radius 3 is 2.19 bits per heavy atom. The standard InChI is InChI=1S/C23H30Cl2N2O3S/c1-4-6-7-17(5-2)15-26-23(28)19-10-8-18(9-11-19)16-27(31(3,29)30)22-13-20(24)12-21(25)14-22/h8-14,17H,4-7,15-16H2,1-3H3,(H,26,28)/t17-/m1/s1. The van der Waals surface area contributed by atoms with Gasteiger partial charge in [-0.15, -0.1) is 0 Å². The van der Waals surface area contributed by atoms with Gasteiger partial charge in [0.25, 0.3) is 5.91 Å². The Labute approximate surface area is 195 Å². The zero-order valence-corrected chi connectivity index (χ0v) is 20.5. The van der Waals surface area contributed by atoms with E-state index >= 15 is 0 Å². The van der Waals surface area contributed by atoms with Gasteiger partial charge in [-0.1, -0.05) is 68.4 Å². The van der Waals surface area contributed by atoms with Crippen molar-refractivity contribution in [1.29, 1.82) is 0 Å². The van der Waals surface area contributed by atoms with Crippen molar-refractivity contribution >= 4 is 44.8 Å². The molecule has 0 aliphatic rings. The Hall–Kier alpha value is -1.76. The van der Waals surface area contributed by atoms with Crippen molar-refractivity contribution in [1.82, 2.24) is 5.32 Å². The molecule has 0 radical (unpaired) electrons. The molecule has 0 heterocycles. The largest absolute Gasteiger partial charge is 0.352 e. The van der Waals surface area contributed by atoms with E-state index in [2.05, 4.69) is 19.2 Å². The van der Waals surface area contributed by atoms with E-state index in [0.717, 1.165) is 37.5 Å². The summed E-state index contributed by atoms with van der Waals surface area (Å²) in [5.74, 6) is 0.360. The van der Waals surface area contributed by atoms with E-state index < -0.39 is 10.0 Å². The molecule has 8 heteroatoms. The second-order valence-corrected chi connectivity index (χ2v) is 10.5. The Morgan fingerprint density at radius 2 is 1.68 bits per heavy atom. The third-order valence-electron chi connectivity index (χ3n) is 5.17. The zero-order valence-electron chi connectivity index (χ0n) is 18.2. The average Bonchev–Trinajstić information content (AvgIpc) is 2.70. The van der Waals surface area contributed by atoms with E-state index in [-0.39, 0.29) is 12.5 Å². The molecular weight excluding hydrogens is 455 g/mol. The molecule has 0 saturated heterocycles. The topological polar surface area (TPSA) is 66.5 Å². The molecule has 1 N–H and O–H groups in total. The molecule has 0 spiro atoms. The Morgan fingerprint density at radius 1 is 1.06 bits per heavy atom. The van der Waals surface area contributed by atoms with E-state index in [1.54, 1.807) is 42.5 Å². The maximum absolute atomic E-state index is 12.5. The molecule has 1 amide bonds. The summed E-state index contributed by atoms with van der Waals surface area (Å²) in [7, 11) is -3.57. The predicted octanol–water partition coefficient (Wildman–Crippen LogP) is 5.91. The van der Waals surface area contributed by atoms with Crippen molar-refractivity contribution in [2.45, 2.75) is 46.1 Å². The first-order chi connectivity index (χ1) is 14.6. The van der Waals surface area contributed by atoms with Gasteiger partial charge < -0.3 is 5.32 Å². The molecule has 0 fully saturated rings. The second kappa shape index (κ2) is 11.7. The number of halogens is 2. The molecule has 2 aromatic carbocycles. The average molecular weight is 485 g/mol. The number of rotatable bonds is 11. The molecule has 0 aliphatic heterocycles. The molecule has 5 nitrogen and oxygen atoms in total. The molecule has 0 aromatic heterocycles. The van der Waals surface area contributed by atoms with Crippen LogP contribution < -0.4 is 9.62 Å². The highest BCUT2D eigenvalue weighted by molar-refractivity contribution is 7.92. The van der Waals surface area contributed by atoms with E-state index in [9.17, 15) is 13.2 Å². The number of sulfonamides is 1. The summed E-state index contributed by atoms with van der Waals surface area (Å²) in [5.41, 5.74) is 1.68. The monoisotopic (exact) mass is 484 g/mol. The van der Waals surface area contributed by atoms with Gasteiger partial charge in [-0.25, -0.2) is 8.42 Å². The van der Waals surface area contributed by atoms with Gasteiger partial charge in [0.15, 0.2) is 0 Å². The van der Waals surface area contributed by atoms with Crippen molar-refractivity contribution in [2.24, 2.45) is 5.92 Å². The van der Waals surface area contributed by atoms with Crippen molar-refractivity contribution in [3.05, 3.63) is 63.6 Å². The molecule has 170 valence electrons. The third kappa shape index (κ3) is 8.02. The number of hydrogen-bond acceptors (Lipinski definition) is 3. The number of unbranched alkanes of at least 4 members (excludes halogenated alkanes) is 1. The summed E-state index contributed by atoms with van der Waals surface area (Å²) in [5, 5.41) is 3.72. The van der Waals surface area contributed by atoms with Crippen LogP contribution in [0.1, 0.15) is 55.5 Å². The van der Waals surface area contributed by atoms with Crippen molar-refractivity contribution in [3.8, 4) is 0 Å². The fourth-order valence-corrected chi connectivity index (χ4v) is 4.68. The third-order valence-corrected chi connectivity index (χ3v) is 6.75. The van der Waals surface area contributed by atoms with Crippen LogP contribution in [-0.4, -0.2) is 27.1 Å². The van der Waals surface area contributed by atoms with Crippen LogP contribution in [0.15, 0.2) is 42.5 Å². The van der Waals surface area contributed by atoms with Crippen LogP contribution in [0.5, 0.6) is 0 Å². The lowest BCUT2D eigenvalue weighted by molar-refractivity contribution is 0.0946. The van der Waals surface area contributed by atoms with Crippen LogP contribution in [0, 0.1) is 5.92 Å². The smallest absolute Gasteiger partial charge is 0.251 e. The highest BCUT2D eigenvalue weighted by atomic mass is 35.5. The van der Waals surface area contributed by atoms with E-state index in [4.69, 9.17) is 23.2 Å². The summed E-state index contributed by atoms with van der Waals surface area (Å²) in [4.78, 5) is 12.5. The first-order valence-corrected chi connectivity index (χ1v) is 13.0. The summed E-state index contributed by atoms with van der Waals surface area (Å²) in [6.07, 6.45) is 5.59. The number of hydrogen-bond donors (Lipinski definition) is 1. The van der Waals surface area contributed by atoms with Crippen molar-refractivity contribution in [2.75, 3.05) is 17.1 Å². The number of amides is 1. The van der Waals surface area contributed by atoms with Crippen LogP contribution in [0.3, 0.4) is 0 Å². The summed E-state index contributed by atoms with van der Waals surface area (Å²) in [6, 6.07) is 11.6. The summed E-state index contributed by atoms with van der Waals surface area (Å²) >= 11 is 12.1. The van der Waals surface area contributed by atoms with Gasteiger partial charge in [0.2, 0.25) is 10.0 Å². The first kappa shape index (κ1) is 25.5. The van der Waals surface area contributed by atoms with Crippen LogP contribution in [-0.2, 0) is 16.6 Å². The number of benzene rings is 2. The SMILES string of the molecule is CCCC[C@@H](CC)CNC(=O)c1ccc(CN(c2cc(Cl)cc(Cl)c2)S(C)(=O)=O)cc1. The Balaban J connectivity index is 2.09. The molecule has 0 saturated carbocycles. The van der Waals surface area contributed by atoms with Crippen molar-refractivity contribution in [3.63, 3.8) is 0 Å². The maximum atomic E-state index is 12.5. The highest BCUT2D eigenvalue weighted by Crippen LogP contribution is 2.28. The zero-order chi connectivity index (χ0) is 23.0. The molecule has 0 aliphatic carbocycles. The van der Waals surface area contributed by atoms with Gasteiger partial charge in [-0.05, 0) is 48.2 Å². The maximum Gasteiger partial charge on any atom is 0.251 e. The molecule has 0 bridgehead atoms. The number of nitrogens with zero attached hydrogens (tertiary/aromatic N) is 1. The molecule has 2 rings (SSSR count). The number of nitrogens with one attached hydrogen (secondary N) is 1. The van der Waals surface area contributed by atoms with Crippen LogP contribution >= 0.6 is 23.2 Å². The van der Waals surface area contributed by atoms with Crippen molar-refractivity contribution < 1.29 is 13.2 Å². The number of carbonyl (C=O) groups excluding carboxylic acids is 1. The Bertz CT molecular complexity index is 959. The summed E-state index contributed by atoms with van der Waals surface area (Å²) < 4.78 is 26.0.